The van der Waals surface area contributed by atoms with Gasteiger partial charge in [-0.25, -0.2) is 9.78 Å². The van der Waals surface area contributed by atoms with Gasteiger partial charge in [0, 0.05) is 26.3 Å². The number of aromatic amines is 1. The van der Waals surface area contributed by atoms with Gasteiger partial charge in [0.25, 0.3) is 0 Å². The van der Waals surface area contributed by atoms with Crippen molar-refractivity contribution in [2.24, 2.45) is 11.8 Å². The number of H-pyrrole nitrogens is 1. The first-order valence-corrected chi connectivity index (χ1v) is 10.1. The molecule has 0 spiro atoms. The van der Waals surface area contributed by atoms with Crippen LogP contribution >= 0.6 is 22.6 Å². The number of carbonyl (C=O) groups excluding carboxylic acids is 1. The van der Waals surface area contributed by atoms with E-state index in [0.717, 1.165) is 22.4 Å². The molecule has 2 saturated heterocycles. The van der Waals surface area contributed by atoms with Crippen molar-refractivity contribution in [2.45, 2.75) is 43.8 Å². The zero-order valence-corrected chi connectivity index (χ0v) is 16.8. The highest BCUT2D eigenvalue weighted by atomic mass is 127. The van der Waals surface area contributed by atoms with E-state index in [9.17, 15) is 14.7 Å². The first kappa shape index (κ1) is 18.0. The number of carboxylic acid groups (broad SMARTS) is 1. The number of hydrogen-bond acceptors (Lipinski definition) is 4. The number of likely N-dealkylation sites (N-methyl/N-ethyl adjacent to an activating group) is 1. The van der Waals surface area contributed by atoms with E-state index in [4.69, 9.17) is 4.74 Å². The Morgan fingerprint density at radius 2 is 2.15 bits per heavy atom. The Morgan fingerprint density at radius 3 is 2.77 bits per heavy atom. The summed E-state index contributed by atoms with van der Waals surface area (Å²) in [6, 6.07) is -0.522. The fourth-order valence-electron chi connectivity index (χ4n) is 4.49. The van der Waals surface area contributed by atoms with Gasteiger partial charge in [-0.1, -0.05) is 0 Å². The molecule has 9 heteroatoms. The monoisotopic (exact) mass is 474 g/mol. The van der Waals surface area contributed by atoms with Crippen molar-refractivity contribution in [3.63, 3.8) is 0 Å². The molecule has 0 radical (unpaired) electrons. The van der Waals surface area contributed by atoms with Crippen molar-refractivity contribution in [3.8, 4) is 0 Å². The summed E-state index contributed by atoms with van der Waals surface area (Å²) in [4.78, 5) is 36.0. The Hall–Kier alpha value is -1.36. The van der Waals surface area contributed by atoms with Crippen LogP contribution in [0.2, 0.25) is 0 Å². The summed E-state index contributed by atoms with van der Waals surface area (Å²) in [5, 5.41) is 9.54. The van der Waals surface area contributed by atoms with Gasteiger partial charge in [-0.2, -0.15) is 0 Å². The van der Waals surface area contributed by atoms with Gasteiger partial charge in [-0.3, -0.25) is 9.69 Å². The van der Waals surface area contributed by atoms with Crippen LogP contribution in [-0.4, -0.2) is 69.2 Å². The highest BCUT2D eigenvalue weighted by Crippen LogP contribution is 2.53. The van der Waals surface area contributed by atoms with Crippen molar-refractivity contribution in [1.82, 2.24) is 19.8 Å². The minimum Gasteiger partial charge on any atom is -0.465 e. The lowest BCUT2D eigenvalue weighted by Gasteiger charge is -2.38. The van der Waals surface area contributed by atoms with Crippen LogP contribution in [0.3, 0.4) is 0 Å². The van der Waals surface area contributed by atoms with Gasteiger partial charge in [0.15, 0.2) is 0 Å². The Labute approximate surface area is 165 Å². The third-order valence-corrected chi connectivity index (χ3v) is 6.47. The van der Waals surface area contributed by atoms with Crippen molar-refractivity contribution in [2.75, 3.05) is 20.3 Å². The fourth-order valence-corrected chi connectivity index (χ4v) is 4.90. The molecule has 3 aliphatic rings. The Kier molecular flexibility index (Phi) is 4.84. The highest BCUT2D eigenvalue weighted by molar-refractivity contribution is 14.1. The molecule has 0 aromatic carbocycles. The number of hydrogen-bond donors (Lipinski definition) is 2. The van der Waals surface area contributed by atoms with Gasteiger partial charge >= 0.3 is 6.09 Å². The predicted molar refractivity (Wildman–Crippen MR) is 101 cm³/mol. The molecular formula is C17H23IN4O4. The van der Waals surface area contributed by atoms with Crippen molar-refractivity contribution in [3.05, 3.63) is 15.7 Å². The molecule has 4 rings (SSSR count). The highest BCUT2D eigenvalue weighted by Gasteiger charge is 2.57. The van der Waals surface area contributed by atoms with Crippen LogP contribution in [0.1, 0.15) is 37.5 Å². The summed E-state index contributed by atoms with van der Waals surface area (Å²) in [6.45, 7) is 1.15. The maximum absolute atomic E-state index is 13.6. The maximum Gasteiger partial charge on any atom is 0.407 e. The number of fused-ring (bicyclic) bond motifs is 1. The molecule has 142 valence electrons. The number of imidazole rings is 1. The second kappa shape index (κ2) is 6.99. The molecule has 3 fully saturated rings. The van der Waals surface area contributed by atoms with Crippen LogP contribution in [0, 0.1) is 15.5 Å². The summed E-state index contributed by atoms with van der Waals surface area (Å²) in [5.41, 5.74) is 0. The summed E-state index contributed by atoms with van der Waals surface area (Å²) in [7, 11) is 1.51. The van der Waals surface area contributed by atoms with Crippen LogP contribution in [0.4, 0.5) is 4.79 Å². The second-order valence-electron chi connectivity index (χ2n) is 7.46. The molecule has 0 unspecified atom stereocenters. The molecule has 8 nitrogen and oxygen atoms in total. The average molecular weight is 474 g/mol. The molecule has 1 saturated carbocycles. The normalized spacial score (nSPS) is 29.3. The molecule has 4 atom stereocenters. The number of aromatic nitrogens is 2. The molecule has 2 N–H and O–H groups in total. The minimum absolute atomic E-state index is 0.00691. The number of nitrogens with zero attached hydrogens (tertiary/aromatic N) is 3. The summed E-state index contributed by atoms with van der Waals surface area (Å²) in [6.07, 6.45) is 4.03. The van der Waals surface area contributed by atoms with Gasteiger partial charge < -0.3 is 19.7 Å². The molecule has 26 heavy (non-hydrogen) atoms. The van der Waals surface area contributed by atoms with Crippen LogP contribution < -0.4 is 0 Å². The largest absolute Gasteiger partial charge is 0.465 e. The van der Waals surface area contributed by atoms with Crippen molar-refractivity contribution in [1.29, 1.82) is 0 Å². The van der Waals surface area contributed by atoms with Gasteiger partial charge in [-0.05, 0) is 60.1 Å². The van der Waals surface area contributed by atoms with Crippen LogP contribution in [0.5, 0.6) is 0 Å². The molecule has 0 bridgehead atoms. The molecule has 1 aromatic heterocycles. The van der Waals surface area contributed by atoms with Crippen molar-refractivity contribution >= 4 is 34.6 Å². The lowest BCUT2D eigenvalue weighted by Crippen LogP contribution is -2.54. The first-order valence-electron chi connectivity index (χ1n) is 9.03. The van der Waals surface area contributed by atoms with E-state index in [0.29, 0.717) is 32.0 Å². The third-order valence-electron chi connectivity index (χ3n) is 5.92. The SMILES string of the molecule is CN(C(=O)O)[C@H](C(=O)N1[C@@H]2C[C@@H]2C[C@H]1c1ncc(I)[nH]1)C1CCOCC1. The fraction of sp³-hybridized carbons (Fsp3) is 0.706. The van der Waals surface area contributed by atoms with E-state index < -0.39 is 12.1 Å². The van der Waals surface area contributed by atoms with Crippen molar-refractivity contribution < 1.29 is 19.4 Å². The van der Waals surface area contributed by atoms with E-state index in [1.54, 1.807) is 6.20 Å². The maximum atomic E-state index is 13.6. The van der Waals surface area contributed by atoms with E-state index >= 15 is 0 Å². The molecule has 2 aliphatic heterocycles. The second-order valence-corrected chi connectivity index (χ2v) is 8.63. The summed E-state index contributed by atoms with van der Waals surface area (Å²) >= 11 is 2.17. The lowest BCUT2D eigenvalue weighted by atomic mass is 9.89. The van der Waals surface area contributed by atoms with Gasteiger partial charge in [0.2, 0.25) is 5.91 Å². The Morgan fingerprint density at radius 1 is 1.42 bits per heavy atom. The van der Waals surface area contributed by atoms with Crippen LogP contribution in [0.15, 0.2) is 6.20 Å². The number of nitrogens with one attached hydrogen (secondary N) is 1. The van der Waals surface area contributed by atoms with Crippen LogP contribution in [0.25, 0.3) is 0 Å². The minimum atomic E-state index is -1.06. The Bertz CT molecular complexity index is 705. The number of amides is 2. The molecule has 2 amide bonds. The third kappa shape index (κ3) is 3.19. The van der Waals surface area contributed by atoms with Gasteiger partial charge in [0.05, 0.1) is 15.9 Å². The van der Waals surface area contributed by atoms with E-state index in [2.05, 4.69) is 32.6 Å². The number of rotatable bonds is 4. The lowest BCUT2D eigenvalue weighted by molar-refractivity contribution is -0.141. The van der Waals surface area contributed by atoms with Crippen LogP contribution in [-0.2, 0) is 9.53 Å². The molecule has 1 aliphatic carbocycles. The quantitative estimate of drug-likeness (QED) is 0.652. The standard InChI is InChI=1S/C17H23IN4O4/c1-21(17(24)25)14(9-2-4-26-5-3-9)16(23)22-11-6-10(11)7-12(22)15-19-8-13(18)20-15/h8-12,14H,2-7H2,1H3,(H,19,20)(H,24,25)/t10-,11-,12+,14+/m1/s1. The number of carbonyl (C=O) groups is 2. The number of ether oxygens (including phenoxy) is 1. The smallest absolute Gasteiger partial charge is 0.407 e. The predicted octanol–water partition coefficient (Wildman–Crippen LogP) is 2.08. The molecular weight excluding hydrogens is 451 g/mol. The average Bonchev–Trinajstić information content (AvgIpc) is 3.08. The number of piperidine rings is 1. The van der Waals surface area contributed by atoms with E-state index in [-0.39, 0.29) is 23.9 Å². The molecule has 3 heterocycles. The topological polar surface area (TPSA) is 98.8 Å². The van der Waals surface area contributed by atoms with E-state index in [1.807, 2.05) is 4.90 Å². The molecule has 1 aromatic rings. The van der Waals surface area contributed by atoms with Gasteiger partial charge in [-0.15, -0.1) is 0 Å². The van der Waals surface area contributed by atoms with Gasteiger partial charge in [0.1, 0.15) is 11.9 Å². The first-order chi connectivity index (χ1) is 12.5. The zero-order valence-electron chi connectivity index (χ0n) is 14.6. The van der Waals surface area contributed by atoms with E-state index in [1.165, 1.54) is 11.9 Å². The summed E-state index contributed by atoms with van der Waals surface area (Å²) in [5.74, 6) is 1.23. The number of halogens is 1. The number of likely N-dealkylation sites (tertiary alicyclic amines) is 1. The zero-order chi connectivity index (χ0) is 18.4. The Balaban J connectivity index is 1.62. The summed E-state index contributed by atoms with van der Waals surface area (Å²) < 4.78 is 6.35.